The highest BCUT2D eigenvalue weighted by Gasteiger charge is 2.19. The van der Waals surface area contributed by atoms with Crippen molar-refractivity contribution in [3.8, 4) is 0 Å². The first-order chi connectivity index (χ1) is 6.36. The van der Waals surface area contributed by atoms with Crippen molar-refractivity contribution in [1.29, 1.82) is 0 Å². The van der Waals surface area contributed by atoms with E-state index >= 15 is 0 Å². The predicted molar refractivity (Wildman–Crippen MR) is 53.4 cm³/mol. The van der Waals surface area contributed by atoms with Crippen LogP contribution < -0.4 is 0 Å². The van der Waals surface area contributed by atoms with Crippen LogP contribution in [0.4, 0.5) is 0 Å². The van der Waals surface area contributed by atoms with E-state index in [1.807, 2.05) is 18.2 Å². The molecule has 1 N–H and O–H groups in total. The number of aliphatic hydroxyl groups excluding tert-OH is 1. The van der Waals surface area contributed by atoms with Crippen LogP contribution in [-0.4, -0.2) is 11.2 Å². The highest BCUT2D eigenvalue weighted by atomic mass is 16.3. The fraction of sp³-hybridized carbons (Fsp3) is 0.333. The van der Waals surface area contributed by atoms with Gasteiger partial charge in [-0.05, 0) is 18.4 Å². The van der Waals surface area contributed by atoms with Crippen LogP contribution in [0.15, 0.2) is 42.5 Å². The number of aliphatic hydroxyl groups is 1. The van der Waals surface area contributed by atoms with Gasteiger partial charge in [0.15, 0.2) is 0 Å². The molecule has 0 aliphatic heterocycles. The lowest BCUT2D eigenvalue weighted by molar-refractivity contribution is 0.143. The summed E-state index contributed by atoms with van der Waals surface area (Å²) in [6.07, 6.45) is 5.80. The normalized spacial score (nSPS) is 26.5. The summed E-state index contributed by atoms with van der Waals surface area (Å²) in [5.74, 6) is 0.322. The molecule has 1 aliphatic carbocycles. The second kappa shape index (κ2) is 3.75. The fourth-order valence-corrected chi connectivity index (χ4v) is 1.79. The second-order valence-electron chi connectivity index (χ2n) is 3.58. The quantitative estimate of drug-likeness (QED) is 0.681. The van der Waals surface area contributed by atoms with Gasteiger partial charge in [-0.3, -0.25) is 0 Å². The summed E-state index contributed by atoms with van der Waals surface area (Å²) in [7, 11) is 0. The minimum atomic E-state index is -0.166. The molecule has 1 nitrogen and oxygen atoms in total. The van der Waals surface area contributed by atoms with E-state index in [0.717, 1.165) is 12.8 Å². The molecule has 68 valence electrons. The molecule has 0 aromatic heterocycles. The first kappa shape index (κ1) is 8.52. The molecule has 1 aromatic rings. The Morgan fingerprint density at radius 2 is 2.00 bits per heavy atom. The maximum Gasteiger partial charge on any atom is 0.0640 e. The van der Waals surface area contributed by atoms with Crippen LogP contribution in [0.3, 0.4) is 0 Å². The molecule has 0 amide bonds. The van der Waals surface area contributed by atoms with Gasteiger partial charge in [0.25, 0.3) is 0 Å². The van der Waals surface area contributed by atoms with Crippen LogP contribution in [-0.2, 0) is 6.42 Å². The van der Waals surface area contributed by atoms with Crippen LogP contribution in [0.1, 0.15) is 12.0 Å². The topological polar surface area (TPSA) is 20.2 Å². The van der Waals surface area contributed by atoms with Gasteiger partial charge in [-0.25, -0.2) is 0 Å². The molecule has 1 aliphatic rings. The van der Waals surface area contributed by atoms with E-state index in [1.165, 1.54) is 5.56 Å². The van der Waals surface area contributed by atoms with Gasteiger partial charge in [-0.2, -0.15) is 0 Å². The zero-order chi connectivity index (χ0) is 9.10. The largest absolute Gasteiger partial charge is 0.392 e. The Kier molecular flexibility index (Phi) is 2.46. The summed E-state index contributed by atoms with van der Waals surface area (Å²) in [6, 6.07) is 10.3. The molecular weight excluding hydrogens is 160 g/mol. The molecule has 2 rings (SSSR count). The molecule has 0 bridgehead atoms. The lowest BCUT2D eigenvalue weighted by Gasteiger charge is -2.13. The first-order valence-electron chi connectivity index (χ1n) is 4.75. The standard InChI is InChI=1S/C12H14O/c13-12-8-4-7-11(12)9-10-5-2-1-3-6-10/h1-7,11-13H,8-9H2/t11-,12+/m1/s1. The highest BCUT2D eigenvalue weighted by Crippen LogP contribution is 2.21. The summed E-state index contributed by atoms with van der Waals surface area (Å²) in [5, 5.41) is 9.59. The van der Waals surface area contributed by atoms with Gasteiger partial charge >= 0.3 is 0 Å². The zero-order valence-corrected chi connectivity index (χ0v) is 7.56. The van der Waals surface area contributed by atoms with Crippen LogP contribution in [0, 0.1) is 5.92 Å². The minimum absolute atomic E-state index is 0.166. The molecule has 0 saturated carbocycles. The van der Waals surface area contributed by atoms with Crippen molar-refractivity contribution >= 4 is 0 Å². The van der Waals surface area contributed by atoms with Crippen molar-refractivity contribution in [2.45, 2.75) is 18.9 Å². The smallest absolute Gasteiger partial charge is 0.0640 e. The van der Waals surface area contributed by atoms with Gasteiger partial charge in [-0.1, -0.05) is 42.5 Å². The van der Waals surface area contributed by atoms with Crippen LogP contribution in [0.5, 0.6) is 0 Å². The maximum atomic E-state index is 9.59. The summed E-state index contributed by atoms with van der Waals surface area (Å²) in [4.78, 5) is 0. The number of benzene rings is 1. The van der Waals surface area contributed by atoms with E-state index in [-0.39, 0.29) is 6.10 Å². The number of hydrogen-bond donors (Lipinski definition) is 1. The zero-order valence-electron chi connectivity index (χ0n) is 7.56. The molecule has 0 spiro atoms. The van der Waals surface area contributed by atoms with Crippen LogP contribution in [0.25, 0.3) is 0 Å². The SMILES string of the molecule is O[C@H]1CC=C[C@@H]1Cc1ccccc1. The molecular formula is C12H14O. The summed E-state index contributed by atoms with van der Waals surface area (Å²) in [6.45, 7) is 0. The van der Waals surface area contributed by atoms with E-state index < -0.39 is 0 Å². The van der Waals surface area contributed by atoms with Crippen molar-refractivity contribution < 1.29 is 5.11 Å². The molecule has 1 aromatic carbocycles. The van der Waals surface area contributed by atoms with Crippen molar-refractivity contribution in [1.82, 2.24) is 0 Å². The van der Waals surface area contributed by atoms with Gasteiger partial charge in [-0.15, -0.1) is 0 Å². The average molecular weight is 174 g/mol. The molecule has 0 heterocycles. The molecule has 1 heteroatoms. The Morgan fingerprint density at radius 3 is 2.62 bits per heavy atom. The van der Waals surface area contributed by atoms with E-state index in [4.69, 9.17) is 0 Å². The van der Waals surface area contributed by atoms with E-state index in [1.54, 1.807) is 0 Å². The van der Waals surface area contributed by atoms with Crippen LogP contribution >= 0.6 is 0 Å². The Balaban J connectivity index is 2.02. The Labute approximate surface area is 78.7 Å². The van der Waals surface area contributed by atoms with Gasteiger partial charge in [0.1, 0.15) is 0 Å². The van der Waals surface area contributed by atoms with Crippen molar-refractivity contribution in [2.24, 2.45) is 5.92 Å². The summed E-state index contributed by atoms with van der Waals surface area (Å²) >= 11 is 0. The van der Waals surface area contributed by atoms with Gasteiger partial charge in [0, 0.05) is 5.92 Å². The first-order valence-corrected chi connectivity index (χ1v) is 4.75. The third-order valence-corrected chi connectivity index (χ3v) is 2.57. The monoisotopic (exact) mass is 174 g/mol. The molecule has 2 atom stereocenters. The Morgan fingerprint density at radius 1 is 1.23 bits per heavy atom. The number of rotatable bonds is 2. The van der Waals surface area contributed by atoms with E-state index in [2.05, 4.69) is 24.3 Å². The summed E-state index contributed by atoms with van der Waals surface area (Å²) < 4.78 is 0. The molecule has 0 fully saturated rings. The number of hydrogen-bond acceptors (Lipinski definition) is 1. The third-order valence-electron chi connectivity index (χ3n) is 2.57. The van der Waals surface area contributed by atoms with E-state index in [0.29, 0.717) is 5.92 Å². The van der Waals surface area contributed by atoms with Gasteiger partial charge in [0.05, 0.1) is 6.10 Å². The molecule has 13 heavy (non-hydrogen) atoms. The average Bonchev–Trinajstić information content (AvgIpc) is 2.54. The molecule has 0 unspecified atom stereocenters. The van der Waals surface area contributed by atoms with E-state index in [9.17, 15) is 5.11 Å². The Bertz CT molecular complexity index is 289. The van der Waals surface area contributed by atoms with Crippen LogP contribution in [0.2, 0.25) is 0 Å². The van der Waals surface area contributed by atoms with Gasteiger partial charge in [0.2, 0.25) is 0 Å². The fourth-order valence-electron chi connectivity index (χ4n) is 1.79. The van der Waals surface area contributed by atoms with Crippen molar-refractivity contribution in [3.05, 3.63) is 48.0 Å². The molecule has 0 saturated heterocycles. The second-order valence-corrected chi connectivity index (χ2v) is 3.58. The lowest BCUT2D eigenvalue weighted by atomic mass is 9.97. The molecule has 0 radical (unpaired) electrons. The summed E-state index contributed by atoms with van der Waals surface area (Å²) in [5.41, 5.74) is 1.30. The highest BCUT2D eigenvalue weighted by molar-refractivity contribution is 5.18. The lowest BCUT2D eigenvalue weighted by Crippen LogP contribution is -2.15. The Hall–Kier alpha value is -1.08. The van der Waals surface area contributed by atoms with Gasteiger partial charge < -0.3 is 5.11 Å². The predicted octanol–water partition coefficient (Wildman–Crippen LogP) is 2.17. The maximum absolute atomic E-state index is 9.59. The van der Waals surface area contributed by atoms with Crippen molar-refractivity contribution in [3.63, 3.8) is 0 Å². The minimum Gasteiger partial charge on any atom is -0.392 e. The third kappa shape index (κ3) is 1.99. The van der Waals surface area contributed by atoms with Crippen molar-refractivity contribution in [2.75, 3.05) is 0 Å².